The van der Waals surface area contributed by atoms with Crippen LogP contribution in [0, 0.1) is 0 Å². The molecule has 0 radical (unpaired) electrons. The molecule has 1 heteroatoms. The number of hydrogen-bond acceptors (Lipinski definition) is 1. The third-order valence-electron chi connectivity index (χ3n) is 8.10. The van der Waals surface area contributed by atoms with E-state index in [0.29, 0.717) is 0 Å². The van der Waals surface area contributed by atoms with E-state index in [1.165, 1.54) is 117 Å². The summed E-state index contributed by atoms with van der Waals surface area (Å²) < 4.78 is 0. The van der Waals surface area contributed by atoms with E-state index >= 15 is 0 Å². The van der Waals surface area contributed by atoms with Crippen LogP contribution in [-0.4, -0.2) is 4.98 Å². The van der Waals surface area contributed by atoms with Crippen molar-refractivity contribution in [2.45, 2.75) is 51.4 Å². The van der Waals surface area contributed by atoms with Crippen LogP contribution in [0.2, 0.25) is 0 Å². The van der Waals surface area contributed by atoms with Gasteiger partial charge in [0.1, 0.15) is 0 Å². The van der Waals surface area contributed by atoms with E-state index < -0.39 is 0 Å². The fourth-order valence-corrected chi connectivity index (χ4v) is 6.42. The van der Waals surface area contributed by atoms with Gasteiger partial charge in [0.15, 0.2) is 0 Å². The zero-order valence-corrected chi connectivity index (χ0v) is 19.6. The third-order valence-corrected chi connectivity index (χ3v) is 8.10. The van der Waals surface area contributed by atoms with Gasteiger partial charge < -0.3 is 0 Å². The number of fused-ring (bicyclic) bond motifs is 4. The van der Waals surface area contributed by atoms with Gasteiger partial charge in [-0.25, -0.2) is 0 Å². The molecule has 0 spiro atoms. The molecule has 166 valence electrons. The van der Waals surface area contributed by atoms with Gasteiger partial charge in [0, 0.05) is 17.8 Å². The SMILES string of the molecule is c1ccc2c(-c3ccc4c(c3)CCCC4)c3cnccc3c(-c3ccc4c(c3)CCCC4)c2c1. The van der Waals surface area contributed by atoms with Crippen LogP contribution in [0.25, 0.3) is 43.8 Å². The minimum Gasteiger partial charge on any atom is -0.264 e. The smallest absolute Gasteiger partial charge is 0.0353 e. The van der Waals surface area contributed by atoms with E-state index in [9.17, 15) is 0 Å². The molecule has 2 aliphatic carbocycles. The molecule has 0 aliphatic heterocycles. The summed E-state index contributed by atoms with van der Waals surface area (Å²) in [6.07, 6.45) is 14.1. The molecule has 1 aromatic heterocycles. The highest BCUT2D eigenvalue weighted by Gasteiger charge is 2.19. The van der Waals surface area contributed by atoms with Crippen molar-refractivity contribution in [3.05, 3.63) is 101 Å². The van der Waals surface area contributed by atoms with Crippen molar-refractivity contribution in [3.8, 4) is 22.3 Å². The van der Waals surface area contributed by atoms with Crippen molar-refractivity contribution in [1.82, 2.24) is 4.98 Å². The lowest BCUT2D eigenvalue weighted by molar-refractivity contribution is 0.686. The first-order chi connectivity index (χ1) is 16.9. The van der Waals surface area contributed by atoms with Crippen LogP contribution in [0.3, 0.4) is 0 Å². The number of pyridine rings is 1. The molecule has 0 saturated carbocycles. The first kappa shape index (κ1) is 20.0. The number of aryl methyl sites for hydroxylation is 4. The lowest BCUT2D eigenvalue weighted by Gasteiger charge is -2.21. The Morgan fingerprint density at radius 1 is 0.471 bits per heavy atom. The van der Waals surface area contributed by atoms with Crippen LogP contribution >= 0.6 is 0 Å². The first-order valence-corrected chi connectivity index (χ1v) is 12.9. The van der Waals surface area contributed by atoms with Crippen LogP contribution in [0.5, 0.6) is 0 Å². The Bertz CT molecular complexity index is 1380. The van der Waals surface area contributed by atoms with Gasteiger partial charge in [-0.2, -0.15) is 0 Å². The largest absolute Gasteiger partial charge is 0.264 e. The van der Waals surface area contributed by atoms with Crippen LogP contribution < -0.4 is 0 Å². The molecule has 0 atom stereocenters. The number of nitrogens with zero attached hydrogens (tertiary/aromatic N) is 1. The second-order valence-electron chi connectivity index (χ2n) is 10.1. The summed E-state index contributed by atoms with van der Waals surface area (Å²) >= 11 is 0. The third kappa shape index (κ3) is 3.18. The van der Waals surface area contributed by atoms with Crippen LogP contribution in [0.4, 0.5) is 0 Å². The Hall–Kier alpha value is -3.45. The van der Waals surface area contributed by atoms with E-state index in [1.807, 2.05) is 6.20 Å². The van der Waals surface area contributed by atoms with Gasteiger partial charge in [0.05, 0.1) is 0 Å². The molecule has 7 rings (SSSR count). The van der Waals surface area contributed by atoms with Gasteiger partial charge in [-0.3, -0.25) is 4.98 Å². The van der Waals surface area contributed by atoms with Gasteiger partial charge in [0.25, 0.3) is 0 Å². The Kier molecular flexibility index (Phi) is 4.75. The summed E-state index contributed by atoms with van der Waals surface area (Å²) in [6.45, 7) is 0. The summed E-state index contributed by atoms with van der Waals surface area (Å²) in [5, 5.41) is 5.22. The van der Waals surface area contributed by atoms with E-state index in [2.05, 4.69) is 77.9 Å². The maximum atomic E-state index is 4.60. The van der Waals surface area contributed by atoms with Gasteiger partial charge in [-0.15, -0.1) is 0 Å². The molecule has 5 aromatic rings. The Morgan fingerprint density at radius 3 is 1.56 bits per heavy atom. The molecule has 1 nitrogen and oxygen atoms in total. The Morgan fingerprint density at radius 2 is 0.971 bits per heavy atom. The van der Waals surface area contributed by atoms with E-state index in [1.54, 1.807) is 0 Å². The molecule has 0 N–H and O–H groups in total. The van der Waals surface area contributed by atoms with E-state index in [0.717, 1.165) is 0 Å². The van der Waals surface area contributed by atoms with Gasteiger partial charge in [-0.05, 0) is 118 Å². The second-order valence-corrected chi connectivity index (χ2v) is 10.1. The minimum atomic E-state index is 1.20. The van der Waals surface area contributed by atoms with Crippen molar-refractivity contribution in [1.29, 1.82) is 0 Å². The van der Waals surface area contributed by atoms with Gasteiger partial charge in [-0.1, -0.05) is 60.7 Å². The number of rotatable bonds is 2. The number of hydrogen-bond donors (Lipinski definition) is 0. The van der Waals surface area contributed by atoms with Crippen molar-refractivity contribution in [2.24, 2.45) is 0 Å². The highest BCUT2D eigenvalue weighted by molar-refractivity contribution is 6.21. The normalized spacial score (nSPS) is 15.3. The first-order valence-electron chi connectivity index (χ1n) is 12.9. The highest BCUT2D eigenvalue weighted by atomic mass is 14.6. The maximum Gasteiger partial charge on any atom is 0.0353 e. The minimum absolute atomic E-state index is 1.20. The quantitative estimate of drug-likeness (QED) is 0.251. The average molecular weight is 440 g/mol. The summed E-state index contributed by atoms with van der Waals surface area (Å²) in [7, 11) is 0. The fraction of sp³-hybridized carbons (Fsp3) is 0.242. The molecule has 34 heavy (non-hydrogen) atoms. The molecule has 0 fully saturated rings. The average Bonchev–Trinajstić information content (AvgIpc) is 2.91. The molecule has 0 saturated heterocycles. The van der Waals surface area contributed by atoms with Gasteiger partial charge in [0.2, 0.25) is 0 Å². The van der Waals surface area contributed by atoms with Crippen LogP contribution in [0.1, 0.15) is 47.9 Å². The number of aromatic nitrogens is 1. The summed E-state index contributed by atoms with van der Waals surface area (Å²) in [6, 6.07) is 25.6. The predicted molar refractivity (Wildman–Crippen MR) is 143 cm³/mol. The molecule has 4 aromatic carbocycles. The molecule has 0 unspecified atom stereocenters. The monoisotopic (exact) mass is 439 g/mol. The van der Waals surface area contributed by atoms with Crippen LogP contribution in [-0.2, 0) is 25.7 Å². The lowest BCUT2D eigenvalue weighted by Crippen LogP contribution is -2.03. The molecule has 2 aliphatic rings. The lowest BCUT2D eigenvalue weighted by atomic mass is 9.83. The predicted octanol–water partition coefficient (Wildman–Crippen LogP) is 8.48. The molecule has 0 bridgehead atoms. The molecular formula is C33H29N. The van der Waals surface area contributed by atoms with E-state index in [-0.39, 0.29) is 0 Å². The standard InChI is InChI=1S/C33H29N/c1-3-9-24-19-26(15-13-22(24)7-1)32-28-11-5-6-12-29(28)33(31-21-34-18-17-30(31)32)27-16-14-23-8-2-4-10-25(23)20-27/h5-6,11-21H,1-4,7-10H2. The van der Waals surface area contributed by atoms with Crippen molar-refractivity contribution < 1.29 is 0 Å². The zero-order chi connectivity index (χ0) is 22.5. The van der Waals surface area contributed by atoms with Crippen LogP contribution in [0.15, 0.2) is 79.1 Å². The summed E-state index contributed by atoms with van der Waals surface area (Å²) in [4.78, 5) is 4.60. The fourth-order valence-electron chi connectivity index (χ4n) is 6.42. The molecule has 1 heterocycles. The van der Waals surface area contributed by atoms with Crippen molar-refractivity contribution in [2.75, 3.05) is 0 Å². The van der Waals surface area contributed by atoms with E-state index in [4.69, 9.17) is 0 Å². The molecular weight excluding hydrogens is 410 g/mol. The topological polar surface area (TPSA) is 12.9 Å². The zero-order valence-electron chi connectivity index (χ0n) is 19.6. The Labute approximate surface area is 201 Å². The van der Waals surface area contributed by atoms with Crippen molar-refractivity contribution >= 4 is 21.5 Å². The summed E-state index contributed by atoms with van der Waals surface area (Å²) in [5.41, 5.74) is 11.5. The summed E-state index contributed by atoms with van der Waals surface area (Å²) in [5.74, 6) is 0. The van der Waals surface area contributed by atoms with Crippen molar-refractivity contribution in [3.63, 3.8) is 0 Å². The van der Waals surface area contributed by atoms with Gasteiger partial charge >= 0.3 is 0 Å². The number of benzene rings is 4. The second kappa shape index (κ2) is 8.09. The Balaban J connectivity index is 1.54. The highest BCUT2D eigenvalue weighted by Crippen LogP contribution is 2.44. The maximum absolute atomic E-state index is 4.60. The molecule has 0 amide bonds.